The molecule has 1 amide bonds. The molecule has 1 saturated heterocycles. The molecule has 0 saturated carbocycles. The van der Waals surface area contributed by atoms with E-state index in [1.54, 1.807) is 0 Å². The molecule has 0 bridgehead atoms. The number of hydrogen-bond acceptors (Lipinski definition) is 2. The molecule has 3 nitrogen and oxygen atoms in total. The lowest BCUT2D eigenvalue weighted by molar-refractivity contribution is 0.0786. The molecular weight excluding hydrogens is 226 g/mol. The molecule has 1 heterocycles. The molecule has 1 aromatic rings. The maximum atomic E-state index is 11.9. The van der Waals surface area contributed by atoms with Gasteiger partial charge in [-0.2, -0.15) is 0 Å². The standard InChI is InChI=1S/C15H21NO2/c1-2-13-9-6-10-16(11-13)15(17)18-12-14-7-4-3-5-8-14/h3-5,7-8,13H,2,6,9-12H2,1H3/t13-/m0/s1. The van der Waals surface area contributed by atoms with E-state index in [1.165, 1.54) is 6.42 Å². The molecule has 0 unspecified atom stereocenters. The largest absolute Gasteiger partial charge is 0.445 e. The lowest BCUT2D eigenvalue weighted by Gasteiger charge is -2.31. The zero-order chi connectivity index (χ0) is 12.8. The smallest absolute Gasteiger partial charge is 0.410 e. The molecule has 0 N–H and O–H groups in total. The van der Waals surface area contributed by atoms with Crippen molar-refractivity contribution >= 4 is 6.09 Å². The van der Waals surface area contributed by atoms with Gasteiger partial charge < -0.3 is 9.64 Å². The van der Waals surface area contributed by atoms with Gasteiger partial charge in [0.1, 0.15) is 6.61 Å². The molecule has 18 heavy (non-hydrogen) atoms. The first-order chi connectivity index (χ1) is 8.79. The second-order valence-corrected chi connectivity index (χ2v) is 4.90. The number of nitrogens with zero attached hydrogens (tertiary/aromatic N) is 1. The third-order valence-electron chi connectivity index (χ3n) is 3.56. The first-order valence-electron chi connectivity index (χ1n) is 6.75. The van der Waals surface area contributed by atoms with E-state index in [9.17, 15) is 4.79 Å². The van der Waals surface area contributed by atoms with Crippen LogP contribution in [0.3, 0.4) is 0 Å². The van der Waals surface area contributed by atoms with Gasteiger partial charge in [-0.3, -0.25) is 0 Å². The van der Waals surface area contributed by atoms with E-state index in [4.69, 9.17) is 4.74 Å². The average Bonchev–Trinajstić information content (AvgIpc) is 2.46. The monoisotopic (exact) mass is 247 g/mol. The fourth-order valence-corrected chi connectivity index (χ4v) is 2.37. The van der Waals surface area contributed by atoms with Crippen LogP contribution < -0.4 is 0 Å². The van der Waals surface area contributed by atoms with Crippen LogP contribution in [0.15, 0.2) is 30.3 Å². The Balaban J connectivity index is 1.81. The first kappa shape index (κ1) is 12.9. The van der Waals surface area contributed by atoms with Crippen molar-refractivity contribution in [1.29, 1.82) is 0 Å². The van der Waals surface area contributed by atoms with Crippen molar-refractivity contribution in [2.75, 3.05) is 13.1 Å². The maximum Gasteiger partial charge on any atom is 0.410 e. The summed E-state index contributed by atoms with van der Waals surface area (Å²) in [4.78, 5) is 13.8. The van der Waals surface area contributed by atoms with E-state index < -0.39 is 0 Å². The van der Waals surface area contributed by atoms with Gasteiger partial charge in [0.05, 0.1) is 0 Å². The van der Waals surface area contributed by atoms with Crippen molar-refractivity contribution in [3.8, 4) is 0 Å². The Bertz CT molecular complexity index is 377. The number of hydrogen-bond donors (Lipinski definition) is 0. The van der Waals surface area contributed by atoms with E-state index in [0.717, 1.165) is 31.5 Å². The highest BCUT2D eigenvalue weighted by Crippen LogP contribution is 2.19. The van der Waals surface area contributed by atoms with Gasteiger partial charge in [0.25, 0.3) is 0 Å². The van der Waals surface area contributed by atoms with Crippen LogP contribution in [0.2, 0.25) is 0 Å². The van der Waals surface area contributed by atoms with E-state index in [2.05, 4.69) is 6.92 Å². The molecule has 98 valence electrons. The van der Waals surface area contributed by atoms with Crippen LogP contribution in [-0.4, -0.2) is 24.1 Å². The fraction of sp³-hybridized carbons (Fsp3) is 0.533. The van der Waals surface area contributed by atoms with Crippen molar-refractivity contribution in [2.24, 2.45) is 5.92 Å². The Morgan fingerprint density at radius 2 is 2.17 bits per heavy atom. The zero-order valence-electron chi connectivity index (χ0n) is 11.0. The van der Waals surface area contributed by atoms with Gasteiger partial charge in [-0.15, -0.1) is 0 Å². The van der Waals surface area contributed by atoms with Crippen LogP contribution in [0.5, 0.6) is 0 Å². The quantitative estimate of drug-likeness (QED) is 0.818. The number of carbonyl (C=O) groups excluding carboxylic acids is 1. The minimum Gasteiger partial charge on any atom is -0.445 e. The van der Waals surface area contributed by atoms with Gasteiger partial charge in [0.2, 0.25) is 0 Å². The summed E-state index contributed by atoms with van der Waals surface area (Å²) in [7, 11) is 0. The van der Waals surface area contributed by atoms with Crippen LogP contribution in [0.1, 0.15) is 31.7 Å². The topological polar surface area (TPSA) is 29.5 Å². The molecule has 0 aliphatic carbocycles. The van der Waals surface area contributed by atoms with Crippen LogP contribution in [0, 0.1) is 5.92 Å². The number of piperidine rings is 1. The number of carbonyl (C=O) groups is 1. The van der Waals surface area contributed by atoms with Gasteiger partial charge in [-0.05, 0) is 24.3 Å². The maximum absolute atomic E-state index is 11.9. The number of ether oxygens (including phenoxy) is 1. The Labute approximate surface area is 109 Å². The average molecular weight is 247 g/mol. The van der Waals surface area contributed by atoms with E-state index >= 15 is 0 Å². The molecule has 1 aromatic carbocycles. The van der Waals surface area contributed by atoms with Crippen LogP contribution in [0.4, 0.5) is 4.79 Å². The molecular formula is C15H21NO2. The molecule has 1 fully saturated rings. The van der Waals surface area contributed by atoms with Crippen LogP contribution >= 0.6 is 0 Å². The Morgan fingerprint density at radius 1 is 1.39 bits per heavy atom. The second-order valence-electron chi connectivity index (χ2n) is 4.90. The zero-order valence-corrected chi connectivity index (χ0v) is 11.0. The molecule has 2 rings (SSSR count). The summed E-state index contributed by atoms with van der Waals surface area (Å²) in [5.41, 5.74) is 1.04. The predicted molar refractivity (Wildman–Crippen MR) is 71.2 cm³/mol. The van der Waals surface area contributed by atoms with Crippen molar-refractivity contribution in [3.05, 3.63) is 35.9 Å². The van der Waals surface area contributed by atoms with Crippen molar-refractivity contribution in [1.82, 2.24) is 4.90 Å². The minimum atomic E-state index is -0.169. The number of amides is 1. The van der Waals surface area contributed by atoms with Crippen LogP contribution in [-0.2, 0) is 11.3 Å². The van der Waals surface area contributed by atoms with Crippen LogP contribution in [0.25, 0.3) is 0 Å². The highest BCUT2D eigenvalue weighted by atomic mass is 16.6. The molecule has 1 aliphatic heterocycles. The Kier molecular flexibility index (Phi) is 4.62. The Morgan fingerprint density at radius 3 is 2.89 bits per heavy atom. The summed E-state index contributed by atoms with van der Waals surface area (Å²) in [5, 5.41) is 0. The minimum absolute atomic E-state index is 0.169. The third kappa shape index (κ3) is 3.49. The van der Waals surface area contributed by atoms with E-state index in [-0.39, 0.29) is 6.09 Å². The molecule has 0 radical (unpaired) electrons. The summed E-state index contributed by atoms with van der Waals surface area (Å²) in [6.45, 7) is 4.24. The highest BCUT2D eigenvalue weighted by molar-refractivity contribution is 5.67. The summed E-state index contributed by atoms with van der Waals surface area (Å²) < 4.78 is 5.35. The molecule has 0 spiro atoms. The normalized spacial score (nSPS) is 19.6. The second kappa shape index (κ2) is 6.43. The summed E-state index contributed by atoms with van der Waals surface area (Å²) >= 11 is 0. The summed E-state index contributed by atoms with van der Waals surface area (Å²) in [6.07, 6.45) is 3.30. The molecule has 1 aliphatic rings. The van der Waals surface area contributed by atoms with Gasteiger partial charge in [-0.1, -0.05) is 43.7 Å². The summed E-state index contributed by atoms with van der Waals surface area (Å²) in [6, 6.07) is 9.81. The predicted octanol–water partition coefficient (Wildman–Crippen LogP) is 3.45. The van der Waals surface area contributed by atoms with Crippen molar-refractivity contribution in [3.63, 3.8) is 0 Å². The van der Waals surface area contributed by atoms with Gasteiger partial charge in [0, 0.05) is 13.1 Å². The summed E-state index contributed by atoms with van der Waals surface area (Å²) in [5.74, 6) is 0.642. The van der Waals surface area contributed by atoms with E-state index in [1.807, 2.05) is 35.2 Å². The SMILES string of the molecule is CC[C@H]1CCCN(C(=O)OCc2ccccc2)C1. The highest BCUT2D eigenvalue weighted by Gasteiger charge is 2.23. The molecule has 3 heteroatoms. The third-order valence-corrected chi connectivity index (χ3v) is 3.56. The van der Waals surface area contributed by atoms with Gasteiger partial charge in [-0.25, -0.2) is 4.79 Å². The molecule has 1 atom stereocenters. The molecule has 0 aromatic heterocycles. The number of rotatable bonds is 3. The van der Waals surface area contributed by atoms with Gasteiger partial charge >= 0.3 is 6.09 Å². The van der Waals surface area contributed by atoms with Gasteiger partial charge in [0.15, 0.2) is 0 Å². The lowest BCUT2D eigenvalue weighted by atomic mass is 9.96. The number of likely N-dealkylation sites (tertiary alicyclic amines) is 1. The number of benzene rings is 1. The fourth-order valence-electron chi connectivity index (χ4n) is 2.37. The first-order valence-corrected chi connectivity index (χ1v) is 6.75. The van der Waals surface area contributed by atoms with Crippen molar-refractivity contribution < 1.29 is 9.53 Å². The Hall–Kier alpha value is -1.51. The van der Waals surface area contributed by atoms with E-state index in [0.29, 0.717) is 12.5 Å². The lowest BCUT2D eigenvalue weighted by Crippen LogP contribution is -2.40. The van der Waals surface area contributed by atoms with Crippen molar-refractivity contribution in [2.45, 2.75) is 32.8 Å².